The summed E-state index contributed by atoms with van der Waals surface area (Å²) in [6.45, 7) is -1.73. The number of carbonyl (C=O) groups is 1. The number of azo groups is 3. The Balaban J connectivity index is 0.00000342. The summed E-state index contributed by atoms with van der Waals surface area (Å²) in [5, 5.41) is 37.2. The highest BCUT2D eigenvalue weighted by Crippen LogP contribution is 2.49. The van der Waals surface area contributed by atoms with Crippen molar-refractivity contribution in [1.82, 2.24) is 5.32 Å². The van der Waals surface area contributed by atoms with E-state index in [-0.39, 0.29) is 34.0 Å². The summed E-state index contributed by atoms with van der Waals surface area (Å²) in [5.41, 5.74) is 9.81. The number of sulfone groups is 2. The predicted octanol–water partition coefficient (Wildman–Crippen LogP) is 5.61. The highest BCUT2D eigenvalue weighted by molar-refractivity contribution is 7.94. The summed E-state index contributed by atoms with van der Waals surface area (Å²) in [6.07, 6.45) is 6.78. The SMILES string of the molecule is C#COOSc1ccc(N=Nc2c(N)c(N=Nc3ccc(S(=O)(=O)CCOS(=O)(=O)O)cc3)c(N)c(N=Nc3ccc(S(=O)(=O)CCOS(=O)(=O)O)cc3)c2C(=O)O)cc1.CNC.[HH]. The van der Waals surface area contributed by atoms with E-state index >= 15 is 0 Å². The van der Waals surface area contributed by atoms with Crippen molar-refractivity contribution in [1.29, 1.82) is 0 Å². The number of carboxylic acids is 1. The topological polar surface area (TPSA) is 389 Å². The zero-order chi connectivity index (χ0) is 47.0. The van der Waals surface area contributed by atoms with Gasteiger partial charge in [-0.3, -0.25) is 14.0 Å². The maximum absolute atomic E-state index is 12.7. The average Bonchev–Trinajstić information content (AvgIpc) is 3.20. The van der Waals surface area contributed by atoms with E-state index < -0.39 is 99.5 Å². The van der Waals surface area contributed by atoms with Crippen LogP contribution in [-0.4, -0.2) is 92.7 Å². The van der Waals surface area contributed by atoms with E-state index in [1.807, 2.05) is 20.2 Å². The highest BCUT2D eigenvalue weighted by Gasteiger charge is 2.27. The fraction of sp³-hybridized carbons (Fsp3) is 0.182. The number of hydrogen-bond donors (Lipinski definition) is 6. The number of anilines is 2. The molecule has 0 amide bonds. The van der Waals surface area contributed by atoms with Crippen LogP contribution >= 0.6 is 12.0 Å². The Labute approximate surface area is 366 Å². The number of nitrogens with one attached hydrogen (secondary N) is 1. The summed E-state index contributed by atoms with van der Waals surface area (Å²) in [7, 11) is -14.2. The van der Waals surface area contributed by atoms with Crippen molar-refractivity contribution in [3.05, 3.63) is 78.4 Å². The quantitative estimate of drug-likeness (QED) is 0.00915. The number of benzene rings is 4. The molecule has 4 aromatic rings. The van der Waals surface area contributed by atoms with Gasteiger partial charge in [-0.1, -0.05) is 10.8 Å². The fourth-order valence-electron chi connectivity index (χ4n) is 4.41. The first-order chi connectivity index (χ1) is 29.5. The Hall–Kier alpha value is -5.98. The number of hydrogen-bond acceptors (Lipinski definition) is 23. The summed E-state index contributed by atoms with van der Waals surface area (Å²) in [5.74, 6) is -3.27. The van der Waals surface area contributed by atoms with Crippen LogP contribution in [0.3, 0.4) is 0 Å². The Bertz CT molecular complexity index is 2850. The van der Waals surface area contributed by atoms with Crippen molar-refractivity contribution in [2.75, 3.05) is 50.3 Å². The number of carboxylic acid groups (broad SMARTS) is 1. The Morgan fingerprint density at radius 3 is 1.35 bits per heavy atom. The van der Waals surface area contributed by atoms with Gasteiger partial charge in [0.15, 0.2) is 25.8 Å². The van der Waals surface area contributed by atoms with Crippen molar-refractivity contribution in [3.63, 3.8) is 0 Å². The van der Waals surface area contributed by atoms with Crippen LogP contribution in [0.5, 0.6) is 0 Å². The lowest BCUT2D eigenvalue weighted by Crippen LogP contribution is -2.15. The molecule has 340 valence electrons. The molecule has 0 spiro atoms. The smallest absolute Gasteiger partial charge is 0.397 e. The Morgan fingerprint density at radius 2 is 1.02 bits per heavy atom. The molecule has 0 atom stereocenters. The zero-order valence-corrected chi connectivity index (χ0v) is 36.4. The van der Waals surface area contributed by atoms with Crippen molar-refractivity contribution >= 4 is 104 Å². The minimum Gasteiger partial charge on any atom is -0.478 e. The van der Waals surface area contributed by atoms with Crippen LogP contribution in [0.25, 0.3) is 0 Å². The predicted molar refractivity (Wildman–Crippen MR) is 227 cm³/mol. The number of terminal acetylenes is 1. The van der Waals surface area contributed by atoms with Crippen LogP contribution in [0.15, 0.2) is 118 Å². The van der Waals surface area contributed by atoms with E-state index in [2.05, 4.69) is 49.3 Å². The van der Waals surface area contributed by atoms with Gasteiger partial charge >= 0.3 is 26.8 Å². The van der Waals surface area contributed by atoms with E-state index in [1.165, 1.54) is 48.5 Å². The molecule has 25 nitrogen and oxygen atoms in total. The maximum atomic E-state index is 12.7. The van der Waals surface area contributed by atoms with Crippen LogP contribution in [0.4, 0.5) is 45.5 Å². The first-order valence-electron chi connectivity index (χ1n) is 16.8. The third-order valence-corrected chi connectivity index (χ3v) is 12.0. The molecule has 4 rings (SSSR count). The van der Waals surface area contributed by atoms with Crippen LogP contribution in [-0.2, 0) is 58.1 Å². The molecule has 0 radical (unpaired) electrons. The minimum atomic E-state index is -4.88. The largest absolute Gasteiger partial charge is 0.478 e. The molecule has 0 unspecified atom stereocenters. The first kappa shape index (κ1) is 51.4. The van der Waals surface area contributed by atoms with Gasteiger partial charge in [-0.25, -0.2) is 30.0 Å². The summed E-state index contributed by atoms with van der Waals surface area (Å²) in [4.78, 5) is 17.1. The van der Waals surface area contributed by atoms with Crippen molar-refractivity contribution in [2.24, 2.45) is 30.7 Å². The van der Waals surface area contributed by atoms with E-state index in [0.29, 0.717) is 4.90 Å². The van der Waals surface area contributed by atoms with Gasteiger partial charge in [-0.2, -0.15) is 32.2 Å². The van der Waals surface area contributed by atoms with E-state index in [9.17, 15) is 43.6 Å². The molecular formula is C33H37N9O16S5. The van der Waals surface area contributed by atoms with Gasteiger partial charge in [0.2, 0.25) is 0 Å². The lowest BCUT2D eigenvalue weighted by molar-refractivity contribution is -0.113. The van der Waals surface area contributed by atoms with Gasteiger partial charge in [-0.05, 0) is 86.9 Å². The maximum Gasteiger partial charge on any atom is 0.397 e. The van der Waals surface area contributed by atoms with Crippen LogP contribution in [0, 0.1) is 12.5 Å². The molecule has 4 aromatic carbocycles. The van der Waals surface area contributed by atoms with Crippen LogP contribution in [0.1, 0.15) is 11.8 Å². The first-order valence-corrected chi connectivity index (χ1v) is 23.6. The van der Waals surface area contributed by atoms with Gasteiger partial charge in [-0.15, -0.1) is 15.3 Å². The van der Waals surface area contributed by atoms with Gasteiger partial charge in [0.1, 0.15) is 22.6 Å². The molecule has 0 saturated carbocycles. The number of nitrogen functional groups attached to an aromatic ring is 2. The van der Waals surface area contributed by atoms with Crippen molar-refractivity contribution in [2.45, 2.75) is 14.7 Å². The Morgan fingerprint density at radius 1 is 0.667 bits per heavy atom. The van der Waals surface area contributed by atoms with Crippen molar-refractivity contribution < 1.29 is 71.7 Å². The lowest BCUT2D eigenvalue weighted by atomic mass is 10.1. The third-order valence-electron chi connectivity index (χ3n) is 7.11. The molecule has 63 heavy (non-hydrogen) atoms. The van der Waals surface area contributed by atoms with Gasteiger partial charge in [0.25, 0.3) is 0 Å². The number of nitrogens with zero attached hydrogens (tertiary/aromatic N) is 6. The number of nitrogens with two attached hydrogens (primary N) is 2. The lowest BCUT2D eigenvalue weighted by Gasteiger charge is -2.13. The van der Waals surface area contributed by atoms with E-state index in [4.69, 9.17) is 31.3 Å². The molecule has 30 heteroatoms. The molecule has 0 aliphatic carbocycles. The van der Waals surface area contributed by atoms with E-state index in [0.717, 1.165) is 36.3 Å². The average molecular weight is 976 g/mol. The minimum absolute atomic E-state index is 0. The third kappa shape index (κ3) is 16.3. The number of rotatable bonds is 20. The van der Waals surface area contributed by atoms with Crippen molar-refractivity contribution in [3.8, 4) is 12.5 Å². The molecule has 0 heterocycles. The summed E-state index contributed by atoms with van der Waals surface area (Å²) in [6, 6.07) is 15.2. The fourth-order valence-corrected chi connectivity index (χ4v) is 7.79. The van der Waals surface area contributed by atoms with Crippen LogP contribution < -0.4 is 16.8 Å². The molecule has 8 N–H and O–H groups in total. The summed E-state index contributed by atoms with van der Waals surface area (Å²) >= 11 is 0.780. The molecule has 0 bridgehead atoms. The second kappa shape index (κ2) is 22.9. The highest BCUT2D eigenvalue weighted by atomic mass is 32.3. The Kier molecular flexibility index (Phi) is 18.7. The summed E-state index contributed by atoms with van der Waals surface area (Å²) < 4.78 is 124. The molecule has 0 saturated heterocycles. The molecular weight excluding hydrogens is 939 g/mol. The molecule has 0 aromatic heterocycles. The van der Waals surface area contributed by atoms with E-state index in [1.54, 1.807) is 0 Å². The second-order valence-corrected chi connectivity index (χ2v) is 18.8. The molecule has 0 fully saturated rings. The number of aromatic carboxylic acids is 1. The zero-order valence-electron chi connectivity index (χ0n) is 32.4. The monoisotopic (exact) mass is 975 g/mol. The normalized spacial score (nSPS) is 12.3. The molecule has 0 aliphatic rings. The van der Waals surface area contributed by atoms with Gasteiger partial charge in [0, 0.05) is 6.32 Å². The molecule has 0 aliphatic heterocycles. The standard InChI is InChI=1S/C31H28N8O16S5.C2H7N.H2/c1-2-52-55-56-22-9-3-19(4-10-22)34-37-28-25(31(40)41)29(38-35-20-5-11-23(12-6-20)57(42,43)17-15-53-59(46,47)48)27(33)30(26(28)32)39-36-21-7-13-24(14-8-21)58(44,45)18-16-54-60(49,50)51;1-3-2;/h1,3-14H,15-18,32-33H2,(H,40,41)(H,46,47,48)(H,49,50,51);3H,1-2H3;1H. The second-order valence-electron chi connectivity index (χ2n) is 11.6. The van der Waals surface area contributed by atoms with Gasteiger partial charge in [0.05, 0.1) is 75.0 Å². The van der Waals surface area contributed by atoms with Gasteiger partial charge < -0.3 is 21.9 Å². The van der Waals surface area contributed by atoms with Crippen LogP contribution in [0.2, 0.25) is 0 Å².